The SMILES string of the molecule is COc1ccc([C@H]2C=C(C(N)=O)O[C@@H](OCCN(CCO)S(=O)(=O)c3ccc(OC)cc3)C2)cc1. The lowest BCUT2D eigenvalue weighted by Crippen LogP contribution is -2.38. The molecule has 2 aromatic rings. The smallest absolute Gasteiger partial charge is 0.283 e. The molecule has 10 nitrogen and oxygen atoms in total. The van der Waals surface area contributed by atoms with Gasteiger partial charge in [0.2, 0.25) is 16.3 Å². The second kappa shape index (κ2) is 12.0. The molecule has 0 radical (unpaired) electrons. The number of carbonyl (C=O) groups is 1. The molecule has 0 spiro atoms. The van der Waals surface area contributed by atoms with Gasteiger partial charge in [0.15, 0.2) is 5.76 Å². The maximum Gasteiger partial charge on any atom is 0.283 e. The highest BCUT2D eigenvalue weighted by Crippen LogP contribution is 2.32. The Hall–Kier alpha value is -3.12. The van der Waals surface area contributed by atoms with Crippen molar-refractivity contribution in [1.82, 2.24) is 4.31 Å². The number of amides is 1. The number of hydrogen-bond acceptors (Lipinski definition) is 8. The van der Waals surface area contributed by atoms with Gasteiger partial charge in [0, 0.05) is 25.4 Å². The number of primary amides is 1. The van der Waals surface area contributed by atoms with Crippen molar-refractivity contribution in [2.75, 3.05) is 40.5 Å². The normalized spacial score (nSPS) is 18.0. The van der Waals surface area contributed by atoms with Crippen molar-refractivity contribution >= 4 is 15.9 Å². The van der Waals surface area contributed by atoms with Gasteiger partial charge >= 0.3 is 0 Å². The summed E-state index contributed by atoms with van der Waals surface area (Å²) in [5.74, 6) is 0.301. The maximum absolute atomic E-state index is 13.0. The standard InChI is InChI=1S/C24H30N2O8S/c1-31-19-5-3-17(4-6-19)18-15-22(24(25)28)34-23(16-18)33-14-12-26(11-13-27)35(29,30)21-9-7-20(32-2)8-10-21/h3-10,15,18,23,27H,11-14,16H2,1-2H3,(H2,25,28)/t18-,23+/m0/s1. The van der Waals surface area contributed by atoms with Gasteiger partial charge in [0.1, 0.15) is 11.5 Å². The summed E-state index contributed by atoms with van der Waals surface area (Å²) in [4.78, 5) is 11.9. The van der Waals surface area contributed by atoms with Gasteiger partial charge in [0.05, 0.1) is 32.3 Å². The Balaban J connectivity index is 1.68. The average Bonchev–Trinajstić information content (AvgIpc) is 2.88. The minimum Gasteiger partial charge on any atom is -0.497 e. The summed E-state index contributed by atoms with van der Waals surface area (Å²) < 4.78 is 48.9. The van der Waals surface area contributed by atoms with Gasteiger partial charge in [0.25, 0.3) is 5.91 Å². The summed E-state index contributed by atoms with van der Waals surface area (Å²) in [6.07, 6.45) is 1.24. The lowest BCUT2D eigenvalue weighted by Gasteiger charge is -2.29. The summed E-state index contributed by atoms with van der Waals surface area (Å²) >= 11 is 0. The number of aliphatic hydroxyl groups excluding tert-OH is 1. The zero-order chi connectivity index (χ0) is 25.4. The van der Waals surface area contributed by atoms with Gasteiger partial charge in [-0.05, 0) is 48.0 Å². The van der Waals surface area contributed by atoms with Crippen molar-refractivity contribution in [3.8, 4) is 11.5 Å². The lowest BCUT2D eigenvalue weighted by molar-refractivity contribution is -0.144. The molecule has 35 heavy (non-hydrogen) atoms. The van der Waals surface area contributed by atoms with E-state index in [0.29, 0.717) is 17.9 Å². The predicted molar refractivity (Wildman–Crippen MR) is 127 cm³/mol. The molecule has 1 amide bonds. The molecule has 3 N–H and O–H groups in total. The number of ether oxygens (including phenoxy) is 4. The molecule has 11 heteroatoms. The largest absolute Gasteiger partial charge is 0.497 e. The van der Waals surface area contributed by atoms with E-state index in [0.717, 1.165) is 9.87 Å². The number of sulfonamides is 1. The van der Waals surface area contributed by atoms with Crippen molar-refractivity contribution in [2.24, 2.45) is 5.73 Å². The third kappa shape index (κ3) is 6.73. The Bertz CT molecular complexity index is 1120. The Morgan fingerprint density at radius 1 is 1.06 bits per heavy atom. The van der Waals surface area contributed by atoms with Crippen LogP contribution >= 0.6 is 0 Å². The average molecular weight is 507 g/mol. The number of rotatable bonds is 12. The first-order valence-corrected chi connectivity index (χ1v) is 12.4. The highest BCUT2D eigenvalue weighted by molar-refractivity contribution is 7.89. The summed E-state index contributed by atoms with van der Waals surface area (Å²) in [6.45, 7) is -0.521. The fraction of sp³-hybridized carbons (Fsp3) is 0.375. The molecule has 0 saturated carbocycles. The summed E-state index contributed by atoms with van der Waals surface area (Å²) in [5, 5.41) is 9.41. The first kappa shape index (κ1) is 26.5. The topological polar surface area (TPSA) is 138 Å². The molecule has 0 fully saturated rings. The highest BCUT2D eigenvalue weighted by Gasteiger charge is 2.29. The van der Waals surface area contributed by atoms with Crippen LogP contribution in [0.4, 0.5) is 0 Å². The Kier molecular flexibility index (Phi) is 9.10. The quantitative estimate of drug-likeness (QED) is 0.443. The number of methoxy groups -OCH3 is 2. The van der Waals surface area contributed by atoms with E-state index in [1.807, 2.05) is 24.3 Å². The summed E-state index contributed by atoms with van der Waals surface area (Å²) in [5.41, 5.74) is 6.36. The summed E-state index contributed by atoms with van der Waals surface area (Å²) in [6, 6.07) is 13.4. The number of hydrogen-bond donors (Lipinski definition) is 2. The number of nitrogens with zero attached hydrogens (tertiary/aromatic N) is 1. The third-order valence-electron chi connectivity index (χ3n) is 5.54. The first-order chi connectivity index (χ1) is 16.8. The molecule has 190 valence electrons. The lowest BCUT2D eigenvalue weighted by atomic mass is 9.93. The minimum absolute atomic E-state index is 0.0138. The zero-order valence-corrected chi connectivity index (χ0v) is 20.4. The molecule has 1 aliphatic rings. The molecule has 3 rings (SSSR count). The van der Waals surface area contributed by atoms with E-state index < -0.39 is 22.2 Å². The highest BCUT2D eigenvalue weighted by atomic mass is 32.2. The molecular formula is C24H30N2O8S. The van der Waals surface area contributed by atoms with E-state index in [-0.39, 0.29) is 42.9 Å². The van der Waals surface area contributed by atoms with Gasteiger partial charge in [-0.1, -0.05) is 12.1 Å². The minimum atomic E-state index is -3.88. The van der Waals surface area contributed by atoms with Gasteiger partial charge in [-0.25, -0.2) is 8.42 Å². The molecule has 1 heterocycles. The van der Waals surface area contributed by atoms with E-state index >= 15 is 0 Å². The van der Waals surface area contributed by atoms with Crippen LogP contribution in [-0.2, 0) is 24.3 Å². The molecule has 1 aliphatic heterocycles. The number of carbonyl (C=O) groups excluding carboxylic acids is 1. The van der Waals surface area contributed by atoms with Crippen LogP contribution in [0.3, 0.4) is 0 Å². The summed E-state index contributed by atoms with van der Waals surface area (Å²) in [7, 11) is -0.809. The van der Waals surface area contributed by atoms with Gasteiger partial charge in [-0.2, -0.15) is 4.31 Å². The van der Waals surface area contributed by atoms with Crippen LogP contribution in [0.5, 0.6) is 11.5 Å². The molecule has 0 aromatic heterocycles. The second-order valence-electron chi connectivity index (χ2n) is 7.73. The second-order valence-corrected chi connectivity index (χ2v) is 9.67. The fourth-order valence-electron chi connectivity index (χ4n) is 3.66. The van der Waals surface area contributed by atoms with Crippen LogP contribution in [0.1, 0.15) is 17.9 Å². The Morgan fingerprint density at radius 2 is 1.66 bits per heavy atom. The number of nitrogens with two attached hydrogens (primary N) is 1. The number of aliphatic hydroxyl groups is 1. The van der Waals surface area contributed by atoms with E-state index in [9.17, 15) is 18.3 Å². The predicted octanol–water partition coefficient (Wildman–Crippen LogP) is 1.60. The molecule has 2 atom stereocenters. The Labute approximate surface area is 204 Å². The van der Waals surface area contributed by atoms with Crippen LogP contribution < -0.4 is 15.2 Å². The van der Waals surface area contributed by atoms with Crippen molar-refractivity contribution < 1.29 is 37.3 Å². The van der Waals surface area contributed by atoms with Gasteiger partial charge in [-0.3, -0.25) is 4.79 Å². The molecule has 0 saturated heterocycles. The van der Waals surface area contributed by atoms with Crippen LogP contribution in [-0.4, -0.2) is 70.5 Å². The molecular weight excluding hydrogens is 476 g/mol. The van der Waals surface area contributed by atoms with E-state index in [1.54, 1.807) is 25.3 Å². The van der Waals surface area contributed by atoms with Crippen molar-refractivity contribution in [2.45, 2.75) is 23.5 Å². The van der Waals surface area contributed by atoms with E-state index in [2.05, 4.69) is 0 Å². The van der Waals surface area contributed by atoms with Crippen LogP contribution in [0.15, 0.2) is 65.3 Å². The van der Waals surface area contributed by atoms with E-state index in [1.165, 1.54) is 19.2 Å². The number of benzene rings is 2. The molecule has 0 bridgehead atoms. The van der Waals surface area contributed by atoms with Crippen LogP contribution in [0.25, 0.3) is 0 Å². The van der Waals surface area contributed by atoms with Crippen molar-refractivity contribution in [1.29, 1.82) is 0 Å². The molecule has 0 aliphatic carbocycles. The monoisotopic (exact) mass is 506 g/mol. The fourth-order valence-corrected chi connectivity index (χ4v) is 5.07. The zero-order valence-electron chi connectivity index (χ0n) is 19.6. The Morgan fingerprint density at radius 3 is 2.20 bits per heavy atom. The van der Waals surface area contributed by atoms with Crippen molar-refractivity contribution in [3.63, 3.8) is 0 Å². The van der Waals surface area contributed by atoms with Crippen LogP contribution in [0, 0.1) is 0 Å². The van der Waals surface area contributed by atoms with Gasteiger partial charge in [-0.15, -0.1) is 0 Å². The van der Waals surface area contributed by atoms with E-state index in [4.69, 9.17) is 24.7 Å². The maximum atomic E-state index is 13.0. The molecule has 0 unspecified atom stereocenters. The third-order valence-corrected chi connectivity index (χ3v) is 7.45. The first-order valence-electron chi connectivity index (χ1n) is 11.0. The number of allylic oxidation sites excluding steroid dienone is 1. The van der Waals surface area contributed by atoms with Crippen molar-refractivity contribution in [3.05, 3.63) is 65.9 Å². The molecule has 2 aromatic carbocycles. The van der Waals surface area contributed by atoms with Crippen LogP contribution in [0.2, 0.25) is 0 Å². The van der Waals surface area contributed by atoms with Gasteiger partial charge < -0.3 is 29.8 Å².